The van der Waals surface area contributed by atoms with E-state index < -0.39 is 11.4 Å². The highest BCUT2D eigenvalue weighted by Gasteiger charge is 2.37. The molecule has 5 heteroatoms. The van der Waals surface area contributed by atoms with Crippen LogP contribution in [0.4, 0.5) is 8.78 Å². The Morgan fingerprint density at radius 3 is 2.50 bits per heavy atom. The summed E-state index contributed by atoms with van der Waals surface area (Å²) in [6.07, 6.45) is 3.45. The van der Waals surface area contributed by atoms with E-state index in [9.17, 15) is 8.78 Å². The third-order valence-electron chi connectivity index (χ3n) is 2.16. The summed E-state index contributed by atoms with van der Waals surface area (Å²) in [6.45, 7) is 0. The standard InChI is InChI=1S/C7H13ClF2N2/c8-7(9,10)6(12-11)4-3-5-1-2-5/h5-6,12H,1-4,11H2. The smallest absolute Gasteiger partial charge is 0.271 e. The Hall–Kier alpha value is 0.0700. The van der Waals surface area contributed by atoms with E-state index in [-0.39, 0.29) is 0 Å². The van der Waals surface area contributed by atoms with Gasteiger partial charge in [0.2, 0.25) is 0 Å². The summed E-state index contributed by atoms with van der Waals surface area (Å²) < 4.78 is 25.0. The summed E-state index contributed by atoms with van der Waals surface area (Å²) in [4.78, 5) is 0. The second kappa shape index (κ2) is 3.85. The molecule has 72 valence electrons. The van der Waals surface area contributed by atoms with Gasteiger partial charge >= 0.3 is 5.38 Å². The SMILES string of the molecule is NNC(CCC1CC1)C(F)(F)Cl. The molecule has 0 amide bonds. The fraction of sp³-hybridized carbons (Fsp3) is 1.00. The van der Waals surface area contributed by atoms with Crippen LogP contribution in [0.25, 0.3) is 0 Å². The van der Waals surface area contributed by atoms with E-state index in [0.717, 1.165) is 19.3 Å². The molecule has 1 unspecified atom stereocenters. The van der Waals surface area contributed by atoms with Crippen LogP contribution in [0.5, 0.6) is 0 Å². The molecule has 1 aliphatic rings. The first kappa shape index (κ1) is 10.2. The number of halogens is 3. The van der Waals surface area contributed by atoms with Gasteiger partial charge in [0.25, 0.3) is 0 Å². The number of nitrogens with two attached hydrogens (primary N) is 1. The summed E-state index contributed by atoms with van der Waals surface area (Å²) in [5.41, 5.74) is 2.04. The number of alkyl halides is 3. The lowest BCUT2D eigenvalue weighted by Gasteiger charge is -2.20. The largest absolute Gasteiger partial charge is 0.338 e. The van der Waals surface area contributed by atoms with Crippen LogP contribution >= 0.6 is 11.6 Å². The van der Waals surface area contributed by atoms with E-state index >= 15 is 0 Å². The van der Waals surface area contributed by atoms with Crippen LogP contribution in [-0.4, -0.2) is 11.4 Å². The second-order valence-electron chi connectivity index (χ2n) is 3.28. The Bertz CT molecular complexity index is 145. The van der Waals surface area contributed by atoms with Crippen molar-refractivity contribution in [2.75, 3.05) is 0 Å². The average molecular weight is 199 g/mol. The van der Waals surface area contributed by atoms with Crippen LogP contribution < -0.4 is 11.3 Å². The molecule has 0 aromatic rings. The molecular weight excluding hydrogens is 186 g/mol. The van der Waals surface area contributed by atoms with Gasteiger partial charge in [0.05, 0.1) is 6.04 Å². The van der Waals surface area contributed by atoms with Crippen LogP contribution in [0.1, 0.15) is 25.7 Å². The Balaban J connectivity index is 2.23. The molecule has 0 aromatic heterocycles. The van der Waals surface area contributed by atoms with E-state index in [1.807, 2.05) is 5.43 Å². The maximum Gasteiger partial charge on any atom is 0.338 e. The van der Waals surface area contributed by atoms with Crippen molar-refractivity contribution in [1.29, 1.82) is 0 Å². The molecule has 2 nitrogen and oxygen atoms in total. The first-order valence-electron chi connectivity index (χ1n) is 4.07. The van der Waals surface area contributed by atoms with Gasteiger partial charge in [0.1, 0.15) is 0 Å². The molecule has 0 bridgehead atoms. The van der Waals surface area contributed by atoms with Gasteiger partial charge in [-0.3, -0.25) is 5.84 Å². The molecule has 0 spiro atoms. The van der Waals surface area contributed by atoms with Gasteiger partial charge in [0, 0.05) is 0 Å². The van der Waals surface area contributed by atoms with Gasteiger partial charge < -0.3 is 0 Å². The molecule has 0 heterocycles. The van der Waals surface area contributed by atoms with E-state index in [1.165, 1.54) is 0 Å². The van der Waals surface area contributed by atoms with Crippen molar-refractivity contribution in [3.8, 4) is 0 Å². The fourth-order valence-corrected chi connectivity index (χ4v) is 1.32. The first-order valence-corrected chi connectivity index (χ1v) is 4.44. The fourth-order valence-electron chi connectivity index (χ4n) is 1.15. The van der Waals surface area contributed by atoms with Gasteiger partial charge in [-0.15, -0.1) is 0 Å². The van der Waals surface area contributed by atoms with Crippen LogP contribution in [0, 0.1) is 5.92 Å². The lowest BCUT2D eigenvalue weighted by Crippen LogP contribution is -2.45. The zero-order valence-electron chi connectivity index (χ0n) is 6.69. The van der Waals surface area contributed by atoms with Crippen LogP contribution in [0.15, 0.2) is 0 Å². The maximum atomic E-state index is 12.5. The number of hydrazine groups is 1. The molecule has 12 heavy (non-hydrogen) atoms. The average Bonchev–Trinajstić information content (AvgIpc) is 2.69. The minimum absolute atomic E-state index is 0.345. The quantitative estimate of drug-likeness (QED) is 0.402. The molecule has 1 aliphatic carbocycles. The molecule has 0 aliphatic heterocycles. The minimum atomic E-state index is -3.23. The molecule has 1 saturated carbocycles. The Morgan fingerprint density at radius 2 is 2.17 bits per heavy atom. The van der Waals surface area contributed by atoms with Crippen LogP contribution in [0.2, 0.25) is 0 Å². The predicted octanol–water partition coefficient (Wildman–Crippen LogP) is 1.84. The van der Waals surface area contributed by atoms with E-state index in [0.29, 0.717) is 12.3 Å². The van der Waals surface area contributed by atoms with Gasteiger partial charge in [-0.1, -0.05) is 12.8 Å². The number of rotatable bonds is 5. The Labute approximate surface area is 75.4 Å². The third kappa shape index (κ3) is 3.21. The lowest BCUT2D eigenvalue weighted by molar-refractivity contribution is 0.0453. The first-order chi connectivity index (χ1) is 5.54. The van der Waals surface area contributed by atoms with Crippen molar-refractivity contribution in [3.05, 3.63) is 0 Å². The molecule has 0 aromatic carbocycles. The molecule has 0 saturated heterocycles. The van der Waals surface area contributed by atoms with Crippen molar-refractivity contribution in [3.63, 3.8) is 0 Å². The van der Waals surface area contributed by atoms with Crippen molar-refractivity contribution < 1.29 is 8.78 Å². The number of nitrogens with one attached hydrogen (secondary N) is 1. The van der Waals surface area contributed by atoms with Crippen LogP contribution in [-0.2, 0) is 0 Å². The molecule has 0 radical (unpaired) electrons. The Morgan fingerprint density at radius 1 is 1.58 bits per heavy atom. The monoisotopic (exact) mass is 198 g/mol. The second-order valence-corrected chi connectivity index (χ2v) is 3.79. The van der Waals surface area contributed by atoms with Gasteiger partial charge in [0.15, 0.2) is 0 Å². The van der Waals surface area contributed by atoms with Crippen molar-refractivity contribution in [2.45, 2.75) is 37.1 Å². The topological polar surface area (TPSA) is 38.0 Å². The summed E-state index contributed by atoms with van der Waals surface area (Å²) in [5, 5.41) is -3.23. The van der Waals surface area contributed by atoms with Crippen molar-refractivity contribution in [2.24, 2.45) is 11.8 Å². The maximum absolute atomic E-state index is 12.5. The summed E-state index contributed by atoms with van der Waals surface area (Å²) in [5.74, 6) is 5.58. The minimum Gasteiger partial charge on any atom is -0.271 e. The van der Waals surface area contributed by atoms with Gasteiger partial charge in [-0.05, 0) is 30.4 Å². The summed E-state index contributed by atoms with van der Waals surface area (Å²) in [7, 11) is 0. The van der Waals surface area contributed by atoms with Crippen molar-refractivity contribution in [1.82, 2.24) is 5.43 Å². The zero-order chi connectivity index (χ0) is 9.19. The molecule has 1 atom stereocenters. The van der Waals surface area contributed by atoms with E-state index in [1.54, 1.807) is 0 Å². The predicted molar refractivity (Wildman–Crippen MR) is 43.9 cm³/mol. The van der Waals surface area contributed by atoms with Gasteiger partial charge in [-0.2, -0.15) is 8.78 Å². The molecule has 3 N–H and O–H groups in total. The Kier molecular flexibility index (Phi) is 3.26. The normalized spacial score (nSPS) is 21.0. The van der Waals surface area contributed by atoms with E-state index in [4.69, 9.17) is 17.4 Å². The zero-order valence-corrected chi connectivity index (χ0v) is 7.45. The molecule has 1 rings (SSSR count). The highest BCUT2D eigenvalue weighted by Crippen LogP contribution is 2.36. The van der Waals surface area contributed by atoms with E-state index in [2.05, 4.69) is 0 Å². The third-order valence-corrected chi connectivity index (χ3v) is 2.42. The number of hydrogen-bond acceptors (Lipinski definition) is 2. The highest BCUT2D eigenvalue weighted by atomic mass is 35.5. The molecule has 1 fully saturated rings. The van der Waals surface area contributed by atoms with Crippen molar-refractivity contribution >= 4 is 11.6 Å². The summed E-state index contributed by atoms with van der Waals surface area (Å²) >= 11 is 4.83. The lowest BCUT2D eigenvalue weighted by atomic mass is 10.1. The highest BCUT2D eigenvalue weighted by molar-refractivity contribution is 6.22. The summed E-state index contributed by atoms with van der Waals surface area (Å²) in [6, 6.07) is -1.10. The van der Waals surface area contributed by atoms with Crippen LogP contribution in [0.3, 0.4) is 0 Å². The van der Waals surface area contributed by atoms with Gasteiger partial charge in [-0.25, -0.2) is 5.43 Å². The number of hydrogen-bond donors (Lipinski definition) is 2. The molecular formula is C7H13ClF2N2.